The summed E-state index contributed by atoms with van der Waals surface area (Å²) in [5, 5.41) is 8.72. The Morgan fingerprint density at radius 3 is 2.48 bits per heavy atom. The first kappa shape index (κ1) is 15.3. The van der Waals surface area contributed by atoms with E-state index in [0.717, 1.165) is 12.1 Å². The van der Waals surface area contributed by atoms with Crippen molar-refractivity contribution in [1.29, 1.82) is 0 Å². The number of aromatic carboxylic acids is 1. The number of sulfonamides is 1. The van der Waals surface area contributed by atoms with Crippen LogP contribution in [-0.4, -0.2) is 19.5 Å². The van der Waals surface area contributed by atoms with Crippen LogP contribution < -0.4 is 4.72 Å². The number of halogens is 2. The summed E-state index contributed by atoms with van der Waals surface area (Å²) in [5.74, 6) is -1.91. The molecule has 0 bridgehead atoms. The molecule has 0 saturated carbocycles. The molecule has 0 unspecified atom stereocenters. The predicted octanol–water partition coefficient (Wildman–Crippen LogP) is 2.98. The molecule has 110 valence electrons. The van der Waals surface area contributed by atoms with E-state index in [1.54, 1.807) is 0 Å². The highest BCUT2D eigenvalue weighted by atomic mass is 35.5. The van der Waals surface area contributed by atoms with Crippen molar-refractivity contribution in [1.82, 2.24) is 0 Å². The average Bonchev–Trinajstić information content (AvgIpc) is 2.37. The van der Waals surface area contributed by atoms with Crippen LogP contribution in [0, 0.1) is 5.82 Å². The third-order valence-corrected chi connectivity index (χ3v) is 4.25. The molecule has 0 amide bonds. The van der Waals surface area contributed by atoms with Gasteiger partial charge in [0.1, 0.15) is 5.82 Å². The second-order valence-corrected chi connectivity index (χ2v) is 6.15. The normalized spacial score (nSPS) is 11.1. The number of carboxylic acids is 1. The molecular formula is C13H9ClFNO4S. The minimum atomic E-state index is -3.98. The van der Waals surface area contributed by atoms with Crippen molar-refractivity contribution in [3.05, 3.63) is 58.9 Å². The summed E-state index contributed by atoms with van der Waals surface area (Å²) in [6, 6.07) is 8.10. The molecule has 0 aliphatic carbocycles. The fraction of sp³-hybridized carbons (Fsp3) is 0. The molecule has 0 fully saturated rings. The minimum absolute atomic E-state index is 0.0780. The second-order valence-electron chi connectivity index (χ2n) is 4.06. The molecule has 0 saturated heterocycles. The molecular weight excluding hydrogens is 321 g/mol. The van der Waals surface area contributed by atoms with Crippen LogP contribution in [0.2, 0.25) is 5.02 Å². The molecule has 0 heterocycles. The highest BCUT2D eigenvalue weighted by Gasteiger charge is 2.16. The van der Waals surface area contributed by atoms with E-state index in [1.165, 1.54) is 30.3 Å². The van der Waals surface area contributed by atoms with E-state index in [2.05, 4.69) is 4.72 Å². The van der Waals surface area contributed by atoms with Gasteiger partial charge in [0.2, 0.25) is 0 Å². The number of carbonyl (C=O) groups is 1. The van der Waals surface area contributed by atoms with Gasteiger partial charge in [0.05, 0.1) is 21.2 Å². The highest BCUT2D eigenvalue weighted by Crippen LogP contribution is 2.23. The molecule has 0 aliphatic heterocycles. The van der Waals surface area contributed by atoms with Gasteiger partial charge in [-0.15, -0.1) is 0 Å². The molecule has 0 spiro atoms. The van der Waals surface area contributed by atoms with Crippen LogP contribution in [0.3, 0.4) is 0 Å². The van der Waals surface area contributed by atoms with Gasteiger partial charge in [-0.1, -0.05) is 17.7 Å². The predicted molar refractivity (Wildman–Crippen MR) is 75.6 cm³/mol. The van der Waals surface area contributed by atoms with E-state index in [0.29, 0.717) is 0 Å². The molecule has 2 aromatic carbocycles. The van der Waals surface area contributed by atoms with Gasteiger partial charge in [-0.2, -0.15) is 0 Å². The lowest BCUT2D eigenvalue weighted by atomic mass is 10.2. The Labute approximate surface area is 125 Å². The minimum Gasteiger partial charge on any atom is -0.478 e. The Bertz CT molecular complexity index is 808. The molecule has 0 radical (unpaired) electrons. The van der Waals surface area contributed by atoms with Gasteiger partial charge in [0.15, 0.2) is 0 Å². The lowest BCUT2D eigenvalue weighted by molar-refractivity contribution is 0.0697. The summed E-state index contributed by atoms with van der Waals surface area (Å²) in [4.78, 5) is 10.6. The zero-order valence-corrected chi connectivity index (χ0v) is 12.0. The Morgan fingerprint density at radius 2 is 1.90 bits per heavy atom. The number of hydrogen-bond acceptors (Lipinski definition) is 3. The molecule has 0 aromatic heterocycles. The maximum absolute atomic E-state index is 13.1. The number of hydrogen-bond donors (Lipinski definition) is 2. The largest absolute Gasteiger partial charge is 0.478 e. The maximum Gasteiger partial charge on any atom is 0.337 e. The Hall–Kier alpha value is -2.12. The van der Waals surface area contributed by atoms with Gasteiger partial charge in [-0.25, -0.2) is 17.6 Å². The SMILES string of the molecule is O=C(O)c1ccc(NS(=O)(=O)c2cccc(F)c2)cc1Cl. The first-order valence-corrected chi connectivity index (χ1v) is 7.47. The fourth-order valence-electron chi connectivity index (χ4n) is 1.60. The Morgan fingerprint density at radius 1 is 1.19 bits per heavy atom. The summed E-state index contributed by atoms with van der Waals surface area (Å²) in [6.07, 6.45) is 0. The number of carboxylic acid groups (broad SMARTS) is 1. The molecule has 21 heavy (non-hydrogen) atoms. The number of rotatable bonds is 4. The summed E-state index contributed by atoms with van der Waals surface area (Å²) >= 11 is 5.75. The molecule has 2 rings (SSSR count). The van der Waals surface area contributed by atoms with Crippen LogP contribution in [0.5, 0.6) is 0 Å². The van der Waals surface area contributed by atoms with Crippen molar-refractivity contribution in [2.45, 2.75) is 4.90 Å². The monoisotopic (exact) mass is 329 g/mol. The summed E-state index contributed by atoms with van der Waals surface area (Å²) < 4.78 is 39.4. The van der Waals surface area contributed by atoms with Crippen LogP contribution in [-0.2, 0) is 10.0 Å². The van der Waals surface area contributed by atoms with Gasteiger partial charge in [-0.05, 0) is 36.4 Å². The van der Waals surface area contributed by atoms with Crippen LogP contribution >= 0.6 is 11.6 Å². The van der Waals surface area contributed by atoms with E-state index in [9.17, 15) is 17.6 Å². The van der Waals surface area contributed by atoms with Gasteiger partial charge in [0, 0.05) is 0 Å². The summed E-state index contributed by atoms with van der Waals surface area (Å²) in [7, 11) is -3.98. The molecule has 5 nitrogen and oxygen atoms in total. The molecule has 2 N–H and O–H groups in total. The van der Waals surface area contributed by atoms with Crippen molar-refractivity contribution in [2.24, 2.45) is 0 Å². The Balaban J connectivity index is 2.33. The van der Waals surface area contributed by atoms with Gasteiger partial charge >= 0.3 is 5.97 Å². The van der Waals surface area contributed by atoms with Crippen molar-refractivity contribution in [3.63, 3.8) is 0 Å². The van der Waals surface area contributed by atoms with Crippen molar-refractivity contribution in [2.75, 3.05) is 4.72 Å². The van der Waals surface area contributed by atoms with Crippen molar-refractivity contribution in [3.8, 4) is 0 Å². The third-order valence-electron chi connectivity index (χ3n) is 2.56. The molecule has 0 atom stereocenters. The first-order chi connectivity index (χ1) is 9.79. The van der Waals surface area contributed by atoms with Crippen LogP contribution in [0.1, 0.15) is 10.4 Å². The maximum atomic E-state index is 13.1. The summed E-state index contributed by atoms with van der Waals surface area (Å²) in [6.45, 7) is 0. The van der Waals surface area contributed by atoms with Gasteiger partial charge in [0.25, 0.3) is 10.0 Å². The molecule has 0 aliphatic rings. The lowest BCUT2D eigenvalue weighted by Crippen LogP contribution is -2.13. The lowest BCUT2D eigenvalue weighted by Gasteiger charge is -2.09. The average molecular weight is 330 g/mol. The topological polar surface area (TPSA) is 83.5 Å². The number of anilines is 1. The van der Waals surface area contributed by atoms with E-state index in [-0.39, 0.29) is 21.2 Å². The number of nitrogens with one attached hydrogen (secondary N) is 1. The first-order valence-electron chi connectivity index (χ1n) is 5.61. The van der Waals surface area contributed by atoms with E-state index in [4.69, 9.17) is 16.7 Å². The third kappa shape index (κ3) is 3.50. The van der Waals surface area contributed by atoms with E-state index in [1.807, 2.05) is 0 Å². The van der Waals surface area contributed by atoms with E-state index >= 15 is 0 Å². The number of benzene rings is 2. The van der Waals surface area contributed by atoms with E-state index < -0.39 is 21.8 Å². The highest BCUT2D eigenvalue weighted by molar-refractivity contribution is 7.92. The second kappa shape index (κ2) is 5.71. The van der Waals surface area contributed by atoms with Gasteiger partial charge < -0.3 is 5.11 Å². The van der Waals surface area contributed by atoms with Crippen molar-refractivity contribution >= 4 is 33.3 Å². The quantitative estimate of drug-likeness (QED) is 0.903. The standard InChI is InChI=1S/C13H9ClFNO4S/c14-12-7-9(4-5-11(12)13(17)18)16-21(19,20)10-3-1-2-8(15)6-10/h1-7,16H,(H,17,18). The molecule has 8 heteroatoms. The van der Waals surface area contributed by atoms with Gasteiger partial charge in [-0.3, -0.25) is 4.72 Å². The van der Waals surface area contributed by atoms with Crippen molar-refractivity contribution < 1.29 is 22.7 Å². The zero-order valence-electron chi connectivity index (χ0n) is 10.4. The zero-order chi connectivity index (χ0) is 15.6. The Kier molecular flexibility index (Phi) is 4.15. The van der Waals surface area contributed by atoms with Crippen LogP contribution in [0.4, 0.5) is 10.1 Å². The van der Waals surface area contributed by atoms with Crippen LogP contribution in [0.25, 0.3) is 0 Å². The summed E-state index contributed by atoms with van der Waals surface area (Å²) in [5.41, 5.74) is -0.0698. The fourth-order valence-corrected chi connectivity index (χ4v) is 2.94. The smallest absolute Gasteiger partial charge is 0.337 e. The molecule has 2 aromatic rings. The van der Waals surface area contributed by atoms with Crippen LogP contribution in [0.15, 0.2) is 47.4 Å².